The van der Waals surface area contributed by atoms with Gasteiger partial charge in [0.2, 0.25) is 0 Å². The lowest BCUT2D eigenvalue weighted by Gasteiger charge is -2.34. The van der Waals surface area contributed by atoms with E-state index < -0.39 is 11.4 Å². The first-order chi connectivity index (χ1) is 7.07. The average Bonchev–Trinajstić information content (AvgIpc) is 2.20. The molecule has 1 heterocycles. The van der Waals surface area contributed by atoms with Crippen LogP contribution in [-0.2, 0) is 5.54 Å². The Bertz CT molecular complexity index is 399. The van der Waals surface area contributed by atoms with Gasteiger partial charge in [-0.1, -0.05) is 15.9 Å². The molecule has 1 atom stereocenters. The van der Waals surface area contributed by atoms with Gasteiger partial charge in [-0.3, -0.25) is 0 Å². The van der Waals surface area contributed by atoms with Crippen molar-refractivity contribution in [1.82, 2.24) is 0 Å². The van der Waals surface area contributed by atoms with E-state index in [2.05, 4.69) is 15.9 Å². The highest BCUT2D eigenvalue weighted by Crippen LogP contribution is 2.38. The Labute approximate surface area is 95.2 Å². The maximum absolute atomic E-state index is 13.5. The summed E-state index contributed by atoms with van der Waals surface area (Å²) in [7, 11) is 0. The number of halogens is 2. The van der Waals surface area contributed by atoms with Crippen LogP contribution in [0.15, 0.2) is 16.6 Å². The van der Waals surface area contributed by atoms with Crippen LogP contribution >= 0.6 is 15.9 Å². The van der Waals surface area contributed by atoms with Crippen molar-refractivity contribution in [2.24, 2.45) is 5.73 Å². The standard InChI is InChI=1S/C10H11BrFNO2/c11-6-3-7-9(8(12)4-6)15-2-1-10(7,13)5-14/h3-4,14H,1-2,5,13H2. The van der Waals surface area contributed by atoms with Crippen molar-refractivity contribution >= 4 is 15.9 Å². The van der Waals surface area contributed by atoms with Crippen LogP contribution in [0.4, 0.5) is 4.39 Å². The van der Waals surface area contributed by atoms with E-state index in [1.165, 1.54) is 6.07 Å². The van der Waals surface area contributed by atoms with E-state index >= 15 is 0 Å². The molecule has 0 fully saturated rings. The molecule has 82 valence electrons. The number of nitrogens with two attached hydrogens (primary N) is 1. The highest BCUT2D eigenvalue weighted by Gasteiger charge is 2.35. The van der Waals surface area contributed by atoms with Crippen LogP contribution in [0.1, 0.15) is 12.0 Å². The van der Waals surface area contributed by atoms with Crippen LogP contribution in [0.3, 0.4) is 0 Å². The molecule has 0 spiro atoms. The summed E-state index contributed by atoms with van der Waals surface area (Å²) in [6, 6.07) is 3.01. The third-order valence-corrected chi connectivity index (χ3v) is 3.08. The van der Waals surface area contributed by atoms with Crippen molar-refractivity contribution in [3.63, 3.8) is 0 Å². The molecule has 1 aliphatic rings. The Morgan fingerprint density at radius 1 is 1.60 bits per heavy atom. The molecule has 0 radical (unpaired) electrons. The largest absolute Gasteiger partial charge is 0.490 e. The molecule has 1 unspecified atom stereocenters. The first kappa shape index (κ1) is 10.9. The number of hydrogen-bond acceptors (Lipinski definition) is 3. The zero-order valence-electron chi connectivity index (χ0n) is 7.96. The zero-order valence-corrected chi connectivity index (χ0v) is 9.55. The predicted octanol–water partition coefficient (Wildman–Crippen LogP) is 1.52. The minimum absolute atomic E-state index is 0.154. The minimum Gasteiger partial charge on any atom is -0.490 e. The fourth-order valence-corrected chi connectivity index (χ4v) is 2.14. The van der Waals surface area contributed by atoms with E-state index in [0.29, 0.717) is 23.1 Å². The summed E-state index contributed by atoms with van der Waals surface area (Å²) in [5.74, 6) is -0.302. The fourth-order valence-electron chi connectivity index (χ4n) is 1.71. The molecule has 1 aromatic carbocycles. The highest BCUT2D eigenvalue weighted by molar-refractivity contribution is 9.10. The Morgan fingerprint density at radius 2 is 2.33 bits per heavy atom. The molecule has 5 heteroatoms. The molecule has 0 saturated heterocycles. The number of ether oxygens (including phenoxy) is 1. The third-order valence-electron chi connectivity index (χ3n) is 2.62. The topological polar surface area (TPSA) is 55.5 Å². The van der Waals surface area contributed by atoms with Crippen LogP contribution < -0.4 is 10.5 Å². The number of fused-ring (bicyclic) bond motifs is 1. The molecule has 0 aromatic heterocycles. The van der Waals surface area contributed by atoms with Gasteiger partial charge in [-0.2, -0.15) is 0 Å². The summed E-state index contributed by atoms with van der Waals surface area (Å²) < 4.78 is 19.3. The lowest BCUT2D eigenvalue weighted by Crippen LogP contribution is -2.44. The zero-order chi connectivity index (χ0) is 11.1. The Morgan fingerprint density at radius 3 is 3.00 bits per heavy atom. The Hall–Kier alpha value is -0.650. The van der Waals surface area contributed by atoms with Gasteiger partial charge in [0.1, 0.15) is 0 Å². The van der Waals surface area contributed by atoms with Crippen LogP contribution in [0.25, 0.3) is 0 Å². The molecule has 1 aromatic rings. The van der Waals surface area contributed by atoms with Crippen molar-refractivity contribution < 1.29 is 14.2 Å². The van der Waals surface area contributed by atoms with Crippen LogP contribution in [0.2, 0.25) is 0 Å². The van der Waals surface area contributed by atoms with Crippen LogP contribution in [-0.4, -0.2) is 18.3 Å². The molecule has 1 aliphatic heterocycles. The number of aliphatic hydroxyl groups is 1. The lowest BCUT2D eigenvalue weighted by atomic mass is 9.86. The minimum atomic E-state index is -0.905. The van der Waals surface area contributed by atoms with Crippen molar-refractivity contribution in [1.29, 1.82) is 0 Å². The highest BCUT2D eigenvalue weighted by atomic mass is 79.9. The molecule has 2 rings (SSSR count). The third kappa shape index (κ3) is 1.75. The summed E-state index contributed by atoms with van der Waals surface area (Å²) in [5, 5.41) is 9.26. The van der Waals surface area contributed by atoms with Gasteiger partial charge in [-0.15, -0.1) is 0 Å². The average molecular weight is 276 g/mol. The molecule has 3 nitrogen and oxygen atoms in total. The molecule has 0 saturated carbocycles. The second-order valence-electron chi connectivity index (χ2n) is 3.68. The molecule has 0 amide bonds. The summed E-state index contributed by atoms with van der Waals surface area (Å²) in [6.45, 7) is 0.0991. The van der Waals surface area contributed by atoms with Gasteiger partial charge in [0.15, 0.2) is 11.6 Å². The van der Waals surface area contributed by atoms with Gasteiger partial charge >= 0.3 is 0 Å². The molecule has 0 bridgehead atoms. The number of rotatable bonds is 1. The number of hydrogen-bond donors (Lipinski definition) is 2. The van der Waals surface area contributed by atoms with Gasteiger partial charge in [0, 0.05) is 16.5 Å². The van der Waals surface area contributed by atoms with Gasteiger partial charge in [-0.25, -0.2) is 4.39 Å². The Kier molecular flexibility index (Phi) is 2.70. The number of benzene rings is 1. The SMILES string of the molecule is NC1(CO)CCOc2c(F)cc(Br)cc21. The van der Waals surface area contributed by atoms with Gasteiger partial charge in [0.25, 0.3) is 0 Å². The first-order valence-electron chi connectivity index (χ1n) is 4.59. The van der Waals surface area contributed by atoms with Crippen molar-refractivity contribution in [2.75, 3.05) is 13.2 Å². The smallest absolute Gasteiger partial charge is 0.166 e. The Balaban J connectivity index is 2.60. The molecule has 0 aliphatic carbocycles. The lowest BCUT2D eigenvalue weighted by molar-refractivity contribution is 0.135. The maximum Gasteiger partial charge on any atom is 0.166 e. The fraction of sp³-hybridized carbons (Fsp3) is 0.400. The summed E-state index contributed by atoms with van der Waals surface area (Å²) in [5.41, 5.74) is 5.60. The van der Waals surface area contributed by atoms with Gasteiger partial charge in [0.05, 0.1) is 18.8 Å². The molecule has 3 N–H and O–H groups in total. The number of aliphatic hydroxyl groups excluding tert-OH is 1. The summed E-state index contributed by atoms with van der Waals surface area (Å²) in [6.07, 6.45) is 0.479. The van der Waals surface area contributed by atoms with Gasteiger partial charge in [-0.05, 0) is 12.1 Å². The van der Waals surface area contributed by atoms with Crippen LogP contribution in [0.5, 0.6) is 5.75 Å². The first-order valence-corrected chi connectivity index (χ1v) is 5.38. The summed E-state index contributed by atoms with van der Waals surface area (Å²) in [4.78, 5) is 0. The normalized spacial score (nSPS) is 24.5. The molecular weight excluding hydrogens is 265 g/mol. The van der Waals surface area contributed by atoms with Crippen molar-refractivity contribution in [3.8, 4) is 5.75 Å². The quantitative estimate of drug-likeness (QED) is 0.817. The van der Waals surface area contributed by atoms with E-state index in [1.807, 2.05) is 0 Å². The van der Waals surface area contributed by atoms with Crippen molar-refractivity contribution in [2.45, 2.75) is 12.0 Å². The molecule has 15 heavy (non-hydrogen) atoms. The van der Waals surface area contributed by atoms with E-state index in [-0.39, 0.29) is 12.4 Å². The van der Waals surface area contributed by atoms with E-state index in [1.54, 1.807) is 6.07 Å². The van der Waals surface area contributed by atoms with Crippen LogP contribution in [0, 0.1) is 5.82 Å². The summed E-state index contributed by atoms with van der Waals surface area (Å²) >= 11 is 3.19. The monoisotopic (exact) mass is 275 g/mol. The van der Waals surface area contributed by atoms with Gasteiger partial charge < -0.3 is 15.6 Å². The van der Waals surface area contributed by atoms with Crippen molar-refractivity contribution in [3.05, 3.63) is 28.0 Å². The van der Waals surface area contributed by atoms with E-state index in [4.69, 9.17) is 10.5 Å². The molecular formula is C10H11BrFNO2. The van der Waals surface area contributed by atoms with E-state index in [0.717, 1.165) is 0 Å². The predicted molar refractivity (Wildman–Crippen MR) is 57.2 cm³/mol. The van der Waals surface area contributed by atoms with E-state index in [9.17, 15) is 9.50 Å². The second kappa shape index (κ2) is 3.73. The second-order valence-corrected chi connectivity index (χ2v) is 4.59. The maximum atomic E-state index is 13.5.